The second-order valence-corrected chi connectivity index (χ2v) is 3.84. The van der Waals surface area contributed by atoms with E-state index >= 15 is 0 Å². The molecule has 0 saturated carbocycles. The Labute approximate surface area is 99.0 Å². The summed E-state index contributed by atoms with van der Waals surface area (Å²) < 4.78 is 10.2. The number of nitrogens with zero attached hydrogens (tertiary/aromatic N) is 2. The Morgan fingerprint density at radius 3 is 2.88 bits per heavy atom. The number of ether oxygens (including phenoxy) is 1. The van der Waals surface area contributed by atoms with Crippen LogP contribution in [0.3, 0.4) is 0 Å². The molecule has 2 aromatic rings. The normalized spacial score (nSPS) is 12.4. The van der Waals surface area contributed by atoms with E-state index in [9.17, 15) is 5.11 Å². The third-order valence-electron chi connectivity index (χ3n) is 2.45. The molecule has 1 N–H and O–H groups in total. The molecule has 90 valence electrons. The molecule has 0 fully saturated rings. The Morgan fingerprint density at radius 2 is 2.29 bits per heavy atom. The zero-order chi connectivity index (χ0) is 12.3. The van der Waals surface area contributed by atoms with Gasteiger partial charge in [-0.3, -0.25) is 0 Å². The summed E-state index contributed by atoms with van der Waals surface area (Å²) >= 11 is 0. The predicted molar refractivity (Wildman–Crippen MR) is 60.4 cm³/mol. The van der Waals surface area contributed by atoms with Gasteiger partial charge in [-0.25, -0.2) is 0 Å². The highest BCUT2D eigenvalue weighted by Gasteiger charge is 2.06. The van der Waals surface area contributed by atoms with Gasteiger partial charge in [-0.15, -0.1) is 0 Å². The van der Waals surface area contributed by atoms with E-state index < -0.39 is 6.10 Å². The Bertz CT molecular complexity index is 481. The largest absolute Gasteiger partial charge is 0.485 e. The van der Waals surface area contributed by atoms with Crippen LogP contribution in [-0.2, 0) is 6.61 Å². The van der Waals surface area contributed by atoms with E-state index in [2.05, 4.69) is 14.7 Å². The standard InChI is InChI=1S/C12H14N2O3/c1-8-5-10(9(2)15)3-4-11(8)16-6-12-13-7-17-14-12/h3-5,7,9,15H,6H2,1-2H3. The van der Waals surface area contributed by atoms with Crippen molar-refractivity contribution < 1.29 is 14.4 Å². The molecule has 0 aliphatic carbocycles. The molecule has 5 nitrogen and oxygen atoms in total. The van der Waals surface area contributed by atoms with Crippen LogP contribution in [0.15, 0.2) is 29.1 Å². The van der Waals surface area contributed by atoms with Crippen molar-refractivity contribution in [3.63, 3.8) is 0 Å². The Morgan fingerprint density at radius 1 is 1.47 bits per heavy atom. The molecule has 0 saturated heterocycles. The number of aromatic nitrogens is 2. The van der Waals surface area contributed by atoms with Crippen LogP contribution in [0.25, 0.3) is 0 Å². The van der Waals surface area contributed by atoms with Crippen LogP contribution in [0.1, 0.15) is 30.0 Å². The fourth-order valence-electron chi connectivity index (χ4n) is 1.49. The van der Waals surface area contributed by atoms with E-state index in [4.69, 9.17) is 4.74 Å². The number of rotatable bonds is 4. The fourth-order valence-corrected chi connectivity index (χ4v) is 1.49. The van der Waals surface area contributed by atoms with Crippen molar-refractivity contribution >= 4 is 0 Å². The van der Waals surface area contributed by atoms with Gasteiger partial charge in [0.25, 0.3) is 0 Å². The molecule has 1 atom stereocenters. The van der Waals surface area contributed by atoms with E-state index in [0.717, 1.165) is 16.9 Å². The third-order valence-corrected chi connectivity index (χ3v) is 2.45. The minimum Gasteiger partial charge on any atom is -0.485 e. The summed E-state index contributed by atoms with van der Waals surface area (Å²) in [6, 6.07) is 5.57. The summed E-state index contributed by atoms with van der Waals surface area (Å²) in [5, 5.41) is 13.1. The second kappa shape index (κ2) is 4.97. The summed E-state index contributed by atoms with van der Waals surface area (Å²) in [6.07, 6.45) is 0.794. The maximum absolute atomic E-state index is 9.45. The summed E-state index contributed by atoms with van der Waals surface area (Å²) in [5.41, 5.74) is 1.83. The zero-order valence-electron chi connectivity index (χ0n) is 9.75. The number of benzene rings is 1. The van der Waals surface area contributed by atoms with Crippen LogP contribution >= 0.6 is 0 Å². The van der Waals surface area contributed by atoms with Crippen LogP contribution in [0.4, 0.5) is 0 Å². The van der Waals surface area contributed by atoms with Crippen molar-refractivity contribution in [1.82, 2.24) is 10.1 Å². The Hall–Kier alpha value is -1.88. The van der Waals surface area contributed by atoms with Gasteiger partial charge in [0.15, 0.2) is 6.61 Å². The topological polar surface area (TPSA) is 68.4 Å². The maximum Gasteiger partial charge on any atom is 0.213 e. The molecule has 1 heterocycles. The average molecular weight is 234 g/mol. The molecule has 1 unspecified atom stereocenters. The van der Waals surface area contributed by atoms with Gasteiger partial charge in [-0.2, -0.15) is 4.98 Å². The van der Waals surface area contributed by atoms with E-state index in [1.807, 2.05) is 25.1 Å². The average Bonchev–Trinajstić information content (AvgIpc) is 2.80. The molecule has 0 amide bonds. The first-order valence-corrected chi connectivity index (χ1v) is 5.33. The van der Waals surface area contributed by atoms with Crippen LogP contribution < -0.4 is 4.74 Å². The maximum atomic E-state index is 9.45. The summed E-state index contributed by atoms with van der Waals surface area (Å²) in [6.45, 7) is 3.93. The zero-order valence-corrected chi connectivity index (χ0v) is 9.75. The molecule has 0 radical (unpaired) electrons. The summed E-state index contributed by atoms with van der Waals surface area (Å²) in [7, 11) is 0. The number of hydrogen-bond acceptors (Lipinski definition) is 5. The molecule has 0 aliphatic rings. The van der Waals surface area contributed by atoms with Crippen LogP contribution in [0, 0.1) is 6.92 Å². The Balaban J connectivity index is 2.06. The molecular formula is C12H14N2O3. The first-order chi connectivity index (χ1) is 8.16. The van der Waals surface area contributed by atoms with Gasteiger partial charge < -0.3 is 14.4 Å². The van der Waals surface area contributed by atoms with Crippen molar-refractivity contribution in [2.75, 3.05) is 0 Å². The molecule has 2 rings (SSSR count). The van der Waals surface area contributed by atoms with Gasteiger partial charge in [-0.05, 0) is 37.1 Å². The van der Waals surface area contributed by atoms with E-state index in [0.29, 0.717) is 5.82 Å². The van der Waals surface area contributed by atoms with E-state index in [1.54, 1.807) is 6.92 Å². The van der Waals surface area contributed by atoms with Crippen molar-refractivity contribution in [2.45, 2.75) is 26.6 Å². The highest BCUT2D eigenvalue weighted by molar-refractivity contribution is 5.36. The fraction of sp³-hybridized carbons (Fsp3) is 0.333. The molecule has 0 aliphatic heterocycles. The highest BCUT2D eigenvalue weighted by Crippen LogP contribution is 2.23. The smallest absolute Gasteiger partial charge is 0.213 e. The van der Waals surface area contributed by atoms with Crippen LogP contribution in [-0.4, -0.2) is 15.2 Å². The van der Waals surface area contributed by atoms with Gasteiger partial charge in [0.1, 0.15) is 5.75 Å². The molecule has 0 bridgehead atoms. The predicted octanol–water partition coefficient (Wildman–Crippen LogP) is 2.01. The lowest BCUT2D eigenvalue weighted by Crippen LogP contribution is -2.00. The van der Waals surface area contributed by atoms with Crippen molar-refractivity contribution in [3.8, 4) is 5.75 Å². The minimum absolute atomic E-state index is 0.269. The molecule has 1 aromatic heterocycles. The van der Waals surface area contributed by atoms with Gasteiger partial charge in [0.05, 0.1) is 6.10 Å². The molecule has 1 aromatic carbocycles. The lowest BCUT2D eigenvalue weighted by atomic mass is 10.1. The van der Waals surface area contributed by atoms with E-state index in [1.165, 1.54) is 6.39 Å². The molecule has 17 heavy (non-hydrogen) atoms. The quantitative estimate of drug-likeness (QED) is 0.876. The first kappa shape index (κ1) is 11.6. The van der Waals surface area contributed by atoms with Gasteiger partial charge in [0.2, 0.25) is 12.2 Å². The third kappa shape index (κ3) is 2.82. The van der Waals surface area contributed by atoms with Gasteiger partial charge in [0, 0.05) is 0 Å². The highest BCUT2D eigenvalue weighted by atomic mass is 16.5. The van der Waals surface area contributed by atoms with Crippen LogP contribution in [0.2, 0.25) is 0 Å². The summed E-state index contributed by atoms with van der Waals surface area (Å²) in [4.78, 5) is 3.86. The lowest BCUT2D eigenvalue weighted by Gasteiger charge is -2.10. The SMILES string of the molecule is Cc1cc(C(C)O)ccc1OCc1ncon1. The van der Waals surface area contributed by atoms with Crippen molar-refractivity contribution in [2.24, 2.45) is 0 Å². The van der Waals surface area contributed by atoms with Crippen molar-refractivity contribution in [1.29, 1.82) is 0 Å². The number of aliphatic hydroxyl groups excluding tert-OH is 1. The first-order valence-electron chi connectivity index (χ1n) is 5.33. The molecular weight excluding hydrogens is 220 g/mol. The van der Waals surface area contributed by atoms with Crippen LogP contribution in [0.5, 0.6) is 5.75 Å². The monoisotopic (exact) mass is 234 g/mol. The number of hydrogen-bond donors (Lipinski definition) is 1. The minimum atomic E-state index is -0.472. The van der Waals surface area contributed by atoms with E-state index in [-0.39, 0.29) is 6.61 Å². The Kier molecular flexibility index (Phi) is 3.39. The van der Waals surface area contributed by atoms with Gasteiger partial charge >= 0.3 is 0 Å². The number of aryl methyl sites for hydroxylation is 1. The summed E-state index contributed by atoms with van der Waals surface area (Å²) in [5.74, 6) is 1.25. The molecule has 0 spiro atoms. The van der Waals surface area contributed by atoms with Crippen molar-refractivity contribution in [3.05, 3.63) is 41.5 Å². The molecule has 5 heteroatoms. The lowest BCUT2D eigenvalue weighted by molar-refractivity contribution is 0.199. The number of aliphatic hydroxyl groups is 1. The second-order valence-electron chi connectivity index (χ2n) is 3.84. The van der Waals surface area contributed by atoms with Gasteiger partial charge in [-0.1, -0.05) is 11.2 Å².